The van der Waals surface area contributed by atoms with Crippen molar-refractivity contribution in [3.63, 3.8) is 0 Å². The van der Waals surface area contributed by atoms with Crippen LogP contribution in [-0.4, -0.2) is 20.5 Å². The van der Waals surface area contributed by atoms with Crippen LogP contribution in [0.25, 0.3) is 11.0 Å². The minimum absolute atomic E-state index is 0.363. The Morgan fingerprint density at radius 2 is 1.58 bits per heavy atom. The van der Waals surface area contributed by atoms with Gasteiger partial charge in [0.1, 0.15) is 11.3 Å². The van der Waals surface area contributed by atoms with Crippen LogP contribution in [0.15, 0.2) is 48.5 Å². The van der Waals surface area contributed by atoms with Crippen LogP contribution < -0.4 is 0 Å². The molecule has 0 bridgehead atoms. The molecule has 4 heteroatoms. The monoisotopic (exact) mass is 325 g/mol. The summed E-state index contributed by atoms with van der Waals surface area (Å²) in [6.45, 7) is 2.25. The third kappa shape index (κ3) is 6.41. The van der Waals surface area contributed by atoms with Crippen molar-refractivity contribution in [1.82, 2.24) is 15.4 Å². The van der Waals surface area contributed by atoms with Crippen molar-refractivity contribution in [3.05, 3.63) is 54.1 Å². The van der Waals surface area contributed by atoms with E-state index in [4.69, 9.17) is 5.11 Å². The van der Waals surface area contributed by atoms with Crippen molar-refractivity contribution >= 4 is 11.0 Å². The zero-order chi connectivity index (χ0) is 17.0. The maximum atomic E-state index is 9.13. The second kappa shape index (κ2) is 10.4. The van der Waals surface area contributed by atoms with Crippen LogP contribution in [0.3, 0.4) is 0 Å². The number of nitrogens with one attached hydrogen (secondary N) is 1. The van der Waals surface area contributed by atoms with E-state index in [0.29, 0.717) is 5.75 Å². The summed E-state index contributed by atoms with van der Waals surface area (Å²) in [5.74, 6) is 0.363. The highest BCUT2D eigenvalue weighted by atomic mass is 16.3. The van der Waals surface area contributed by atoms with Gasteiger partial charge in [-0.2, -0.15) is 0 Å². The molecule has 0 atom stereocenters. The third-order valence-electron chi connectivity index (χ3n) is 3.99. The fraction of sp³-hybridized carbons (Fsp3) is 0.400. The zero-order valence-electron chi connectivity index (χ0n) is 14.4. The Labute approximate surface area is 143 Å². The molecule has 0 radical (unpaired) electrons. The molecule has 3 rings (SSSR count). The van der Waals surface area contributed by atoms with E-state index in [1.54, 1.807) is 12.1 Å². The lowest BCUT2D eigenvalue weighted by Crippen LogP contribution is -1.85. The number of aromatic hydroxyl groups is 1. The van der Waals surface area contributed by atoms with Crippen molar-refractivity contribution in [3.8, 4) is 5.75 Å². The van der Waals surface area contributed by atoms with Crippen LogP contribution in [0, 0.1) is 0 Å². The van der Waals surface area contributed by atoms with Gasteiger partial charge in [0.15, 0.2) is 0 Å². The smallest absolute Gasteiger partial charge is 0.115 e. The Balaban J connectivity index is 0.000000194. The number of nitrogens with zero attached hydrogens (tertiary/aromatic N) is 2. The number of fused-ring (bicyclic) bond motifs is 1. The molecule has 2 aromatic carbocycles. The molecule has 1 heterocycles. The van der Waals surface area contributed by atoms with Crippen LogP contribution >= 0.6 is 0 Å². The maximum Gasteiger partial charge on any atom is 0.115 e. The molecule has 0 aliphatic rings. The van der Waals surface area contributed by atoms with Crippen LogP contribution in [0.1, 0.15) is 51.0 Å². The fourth-order valence-electron chi connectivity index (χ4n) is 2.56. The van der Waals surface area contributed by atoms with Gasteiger partial charge in [-0.25, -0.2) is 0 Å². The van der Waals surface area contributed by atoms with Gasteiger partial charge >= 0.3 is 0 Å². The largest absolute Gasteiger partial charge is 0.508 e. The number of aryl methyl sites for hydroxylation is 1. The standard InChI is InChI=1S/C14H22O.C6H5N3/c1-2-3-4-5-6-7-8-13-9-11-14(15)12-10-13;1-2-4-6-5(3-1)7-9-8-6/h9-12,15H,2-8H2,1H3;1-4H,(H,7,8,9). The van der Waals surface area contributed by atoms with E-state index >= 15 is 0 Å². The van der Waals surface area contributed by atoms with Gasteiger partial charge < -0.3 is 5.11 Å². The second-order valence-corrected chi connectivity index (χ2v) is 6.01. The van der Waals surface area contributed by atoms with Gasteiger partial charge in [0.2, 0.25) is 0 Å². The van der Waals surface area contributed by atoms with Crippen molar-refractivity contribution in [2.24, 2.45) is 0 Å². The molecule has 0 aliphatic carbocycles. The number of aromatic amines is 1. The van der Waals surface area contributed by atoms with Crippen LogP contribution in [0.5, 0.6) is 5.75 Å². The van der Waals surface area contributed by atoms with E-state index < -0.39 is 0 Å². The van der Waals surface area contributed by atoms with E-state index in [1.165, 1.54) is 44.1 Å². The van der Waals surface area contributed by atoms with E-state index in [2.05, 4.69) is 22.3 Å². The third-order valence-corrected chi connectivity index (χ3v) is 3.99. The van der Waals surface area contributed by atoms with Crippen molar-refractivity contribution in [2.75, 3.05) is 0 Å². The molecular weight excluding hydrogens is 298 g/mol. The summed E-state index contributed by atoms with van der Waals surface area (Å²) in [5.41, 5.74) is 3.23. The van der Waals surface area contributed by atoms with E-state index in [-0.39, 0.29) is 0 Å². The van der Waals surface area contributed by atoms with Gasteiger partial charge in [0, 0.05) is 0 Å². The number of phenols is 1. The van der Waals surface area contributed by atoms with Gasteiger partial charge in [-0.3, -0.25) is 5.10 Å². The van der Waals surface area contributed by atoms with Gasteiger partial charge in [0.05, 0.1) is 5.52 Å². The van der Waals surface area contributed by atoms with Crippen LogP contribution in [0.4, 0.5) is 0 Å². The molecule has 3 aromatic rings. The first-order chi connectivity index (χ1) is 11.8. The Morgan fingerprint density at radius 3 is 2.33 bits per heavy atom. The minimum atomic E-state index is 0.363. The molecule has 24 heavy (non-hydrogen) atoms. The highest BCUT2D eigenvalue weighted by Crippen LogP contribution is 2.13. The Morgan fingerprint density at radius 1 is 0.875 bits per heavy atom. The molecule has 1 aromatic heterocycles. The lowest BCUT2D eigenvalue weighted by molar-refractivity contribution is 0.475. The van der Waals surface area contributed by atoms with Crippen molar-refractivity contribution in [1.29, 1.82) is 0 Å². The highest BCUT2D eigenvalue weighted by molar-refractivity contribution is 5.72. The van der Waals surface area contributed by atoms with E-state index in [1.807, 2.05) is 36.4 Å². The number of hydrogen-bond acceptors (Lipinski definition) is 3. The molecule has 0 saturated carbocycles. The summed E-state index contributed by atoms with van der Waals surface area (Å²) < 4.78 is 0. The number of para-hydroxylation sites is 1. The Hall–Kier alpha value is -2.36. The molecule has 0 spiro atoms. The van der Waals surface area contributed by atoms with Gasteiger partial charge in [-0.15, -0.1) is 5.10 Å². The first kappa shape index (κ1) is 18.0. The zero-order valence-corrected chi connectivity index (χ0v) is 14.4. The summed E-state index contributed by atoms with van der Waals surface area (Å²) in [4.78, 5) is 0. The van der Waals surface area contributed by atoms with E-state index in [9.17, 15) is 0 Å². The van der Waals surface area contributed by atoms with Crippen LogP contribution in [-0.2, 0) is 6.42 Å². The molecular formula is C20H27N3O. The van der Waals surface area contributed by atoms with Gasteiger partial charge in [-0.05, 0) is 42.7 Å². The van der Waals surface area contributed by atoms with Gasteiger partial charge in [0.25, 0.3) is 0 Å². The minimum Gasteiger partial charge on any atom is -0.508 e. The molecule has 2 N–H and O–H groups in total. The lowest BCUT2D eigenvalue weighted by atomic mass is 10.1. The topological polar surface area (TPSA) is 61.8 Å². The molecule has 4 nitrogen and oxygen atoms in total. The van der Waals surface area contributed by atoms with Gasteiger partial charge in [-0.1, -0.05) is 68.5 Å². The predicted molar refractivity (Wildman–Crippen MR) is 99.1 cm³/mol. The summed E-state index contributed by atoms with van der Waals surface area (Å²) >= 11 is 0. The second-order valence-electron chi connectivity index (χ2n) is 6.01. The number of H-pyrrole nitrogens is 1. The number of rotatable bonds is 7. The van der Waals surface area contributed by atoms with Crippen molar-refractivity contribution in [2.45, 2.75) is 51.9 Å². The summed E-state index contributed by atoms with van der Waals surface area (Å²) in [5, 5.41) is 19.3. The summed E-state index contributed by atoms with van der Waals surface area (Å²) in [7, 11) is 0. The quantitative estimate of drug-likeness (QED) is 0.583. The molecule has 0 aliphatic heterocycles. The normalized spacial score (nSPS) is 10.4. The average molecular weight is 325 g/mol. The first-order valence-corrected chi connectivity index (χ1v) is 8.83. The molecule has 0 fully saturated rings. The fourth-order valence-corrected chi connectivity index (χ4v) is 2.56. The Kier molecular flexibility index (Phi) is 7.81. The van der Waals surface area contributed by atoms with Crippen LogP contribution in [0.2, 0.25) is 0 Å². The summed E-state index contributed by atoms with van der Waals surface area (Å²) in [6, 6.07) is 15.3. The Bertz CT molecular complexity index is 661. The average Bonchev–Trinajstić information content (AvgIpc) is 3.09. The number of hydrogen-bond donors (Lipinski definition) is 2. The van der Waals surface area contributed by atoms with E-state index in [0.717, 1.165) is 17.5 Å². The molecule has 128 valence electrons. The number of benzene rings is 2. The highest BCUT2D eigenvalue weighted by Gasteiger charge is 1.94. The van der Waals surface area contributed by atoms with Crippen molar-refractivity contribution < 1.29 is 5.11 Å². The summed E-state index contributed by atoms with van der Waals surface area (Å²) in [6.07, 6.45) is 9.19. The number of unbranched alkanes of at least 4 members (excludes halogenated alkanes) is 5. The maximum absolute atomic E-state index is 9.13. The lowest BCUT2D eigenvalue weighted by Gasteiger charge is -2.02. The molecule has 0 saturated heterocycles. The number of phenolic OH excluding ortho intramolecular Hbond substituents is 1. The first-order valence-electron chi connectivity index (χ1n) is 8.83. The molecule has 0 amide bonds. The number of aromatic nitrogens is 3. The predicted octanol–water partition coefficient (Wildman–Crippen LogP) is 5.25. The SMILES string of the molecule is CCCCCCCCc1ccc(O)cc1.c1ccc2[nH]nnc2c1. The molecule has 0 unspecified atom stereocenters.